The van der Waals surface area contributed by atoms with E-state index in [1.165, 1.54) is 0 Å². The summed E-state index contributed by atoms with van der Waals surface area (Å²) in [6.45, 7) is 1.50. The predicted octanol–water partition coefficient (Wildman–Crippen LogP) is 1.18. The maximum atomic E-state index is 9.81. The highest BCUT2D eigenvalue weighted by molar-refractivity contribution is 4.90. The molecule has 3 rings (SSSR count). The van der Waals surface area contributed by atoms with Gasteiger partial charge in [0.15, 0.2) is 5.79 Å². The molecule has 98 valence electrons. The zero-order valence-corrected chi connectivity index (χ0v) is 10.4. The normalized spacial score (nSPS) is 37.9. The summed E-state index contributed by atoms with van der Waals surface area (Å²) >= 11 is 0. The molecule has 17 heavy (non-hydrogen) atoms. The SMILES string of the molecule is OC1CCCC1NC1CCC2(CC1)OCCO2. The third-order valence-corrected chi connectivity index (χ3v) is 4.49. The molecule has 0 aromatic heterocycles. The van der Waals surface area contributed by atoms with Crippen molar-refractivity contribution in [2.45, 2.75) is 68.9 Å². The second kappa shape index (κ2) is 4.84. The van der Waals surface area contributed by atoms with Crippen molar-refractivity contribution < 1.29 is 14.6 Å². The second-order valence-corrected chi connectivity index (χ2v) is 5.65. The molecule has 1 heterocycles. The van der Waals surface area contributed by atoms with Gasteiger partial charge in [0, 0.05) is 24.9 Å². The first-order valence-corrected chi connectivity index (χ1v) is 6.99. The van der Waals surface area contributed by atoms with Crippen LogP contribution in [0.25, 0.3) is 0 Å². The quantitative estimate of drug-likeness (QED) is 0.762. The highest BCUT2D eigenvalue weighted by Crippen LogP contribution is 2.36. The molecule has 2 unspecified atom stereocenters. The van der Waals surface area contributed by atoms with E-state index in [0.29, 0.717) is 12.1 Å². The number of hydrogen-bond donors (Lipinski definition) is 2. The van der Waals surface area contributed by atoms with E-state index in [0.717, 1.165) is 58.2 Å². The van der Waals surface area contributed by atoms with Crippen molar-refractivity contribution in [1.82, 2.24) is 5.32 Å². The molecule has 2 N–H and O–H groups in total. The molecule has 1 spiro atoms. The number of rotatable bonds is 2. The van der Waals surface area contributed by atoms with Crippen LogP contribution in [0.4, 0.5) is 0 Å². The van der Waals surface area contributed by atoms with Crippen LogP contribution in [0.1, 0.15) is 44.9 Å². The Bertz CT molecular complexity index is 255. The number of aliphatic hydroxyl groups is 1. The lowest BCUT2D eigenvalue weighted by Crippen LogP contribution is -2.47. The van der Waals surface area contributed by atoms with E-state index < -0.39 is 0 Å². The maximum Gasteiger partial charge on any atom is 0.168 e. The summed E-state index contributed by atoms with van der Waals surface area (Å²) in [6, 6.07) is 0.852. The van der Waals surface area contributed by atoms with Crippen molar-refractivity contribution in [3.8, 4) is 0 Å². The smallest absolute Gasteiger partial charge is 0.168 e. The van der Waals surface area contributed by atoms with Gasteiger partial charge in [-0.3, -0.25) is 0 Å². The van der Waals surface area contributed by atoms with E-state index in [4.69, 9.17) is 9.47 Å². The first-order chi connectivity index (χ1) is 8.27. The zero-order chi connectivity index (χ0) is 11.7. The van der Waals surface area contributed by atoms with Gasteiger partial charge in [-0.1, -0.05) is 0 Å². The van der Waals surface area contributed by atoms with Gasteiger partial charge in [-0.25, -0.2) is 0 Å². The van der Waals surface area contributed by atoms with E-state index in [2.05, 4.69) is 5.32 Å². The fraction of sp³-hybridized carbons (Fsp3) is 1.00. The first kappa shape index (κ1) is 11.9. The fourth-order valence-corrected chi connectivity index (χ4v) is 3.45. The van der Waals surface area contributed by atoms with Gasteiger partial charge in [-0.2, -0.15) is 0 Å². The van der Waals surface area contributed by atoms with Crippen LogP contribution in [0.3, 0.4) is 0 Å². The van der Waals surface area contributed by atoms with Gasteiger partial charge in [-0.15, -0.1) is 0 Å². The largest absolute Gasteiger partial charge is 0.392 e. The van der Waals surface area contributed by atoms with E-state index in [9.17, 15) is 5.11 Å². The molecule has 2 atom stereocenters. The molecule has 3 aliphatic rings. The summed E-state index contributed by atoms with van der Waals surface area (Å²) in [6.07, 6.45) is 7.29. The van der Waals surface area contributed by atoms with Crippen molar-refractivity contribution >= 4 is 0 Å². The highest BCUT2D eigenvalue weighted by Gasteiger charge is 2.41. The zero-order valence-electron chi connectivity index (χ0n) is 10.4. The minimum atomic E-state index is -0.257. The highest BCUT2D eigenvalue weighted by atomic mass is 16.7. The number of aliphatic hydroxyl groups excluding tert-OH is 1. The summed E-state index contributed by atoms with van der Waals surface area (Å²) < 4.78 is 11.4. The van der Waals surface area contributed by atoms with Crippen molar-refractivity contribution in [1.29, 1.82) is 0 Å². The average Bonchev–Trinajstić information content (AvgIpc) is 2.94. The molecular weight excluding hydrogens is 218 g/mol. The molecule has 3 fully saturated rings. The van der Waals surface area contributed by atoms with E-state index in [-0.39, 0.29) is 11.9 Å². The molecule has 0 aromatic rings. The number of hydrogen-bond acceptors (Lipinski definition) is 4. The third-order valence-electron chi connectivity index (χ3n) is 4.49. The van der Waals surface area contributed by atoms with Crippen LogP contribution < -0.4 is 5.32 Å². The Morgan fingerprint density at radius 2 is 1.71 bits per heavy atom. The van der Waals surface area contributed by atoms with Crippen LogP contribution in [-0.2, 0) is 9.47 Å². The Morgan fingerprint density at radius 1 is 1.00 bits per heavy atom. The standard InChI is InChI=1S/C13H23NO3/c15-12-3-1-2-11(12)14-10-4-6-13(7-5-10)16-8-9-17-13/h10-12,14-15H,1-9H2. The minimum absolute atomic E-state index is 0.134. The molecule has 0 amide bonds. The summed E-state index contributed by atoms with van der Waals surface area (Å²) in [5, 5.41) is 13.4. The molecule has 1 aliphatic heterocycles. The van der Waals surface area contributed by atoms with Crippen LogP contribution >= 0.6 is 0 Å². The number of nitrogens with one attached hydrogen (secondary N) is 1. The molecule has 0 aromatic carbocycles. The molecule has 1 saturated heterocycles. The third kappa shape index (κ3) is 2.50. The van der Waals surface area contributed by atoms with E-state index in [1.54, 1.807) is 0 Å². The molecule has 4 nitrogen and oxygen atoms in total. The lowest BCUT2D eigenvalue weighted by atomic mass is 9.89. The Balaban J connectivity index is 1.48. The average molecular weight is 241 g/mol. The Morgan fingerprint density at radius 3 is 2.29 bits per heavy atom. The molecular formula is C13H23NO3. The van der Waals surface area contributed by atoms with E-state index in [1.807, 2.05) is 0 Å². The van der Waals surface area contributed by atoms with Crippen LogP contribution in [-0.4, -0.2) is 42.3 Å². The Hall–Kier alpha value is -0.160. The molecule has 2 saturated carbocycles. The topological polar surface area (TPSA) is 50.7 Å². The van der Waals surface area contributed by atoms with Gasteiger partial charge in [0.2, 0.25) is 0 Å². The summed E-state index contributed by atoms with van der Waals surface area (Å²) in [5.74, 6) is -0.257. The van der Waals surface area contributed by atoms with Crippen LogP contribution in [0.2, 0.25) is 0 Å². The van der Waals surface area contributed by atoms with Crippen LogP contribution in [0, 0.1) is 0 Å². The Kier molecular flexibility index (Phi) is 3.39. The number of ether oxygens (including phenoxy) is 2. The fourth-order valence-electron chi connectivity index (χ4n) is 3.45. The van der Waals surface area contributed by atoms with Crippen molar-refractivity contribution in [2.24, 2.45) is 0 Å². The summed E-state index contributed by atoms with van der Waals surface area (Å²) in [4.78, 5) is 0. The predicted molar refractivity (Wildman–Crippen MR) is 63.7 cm³/mol. The Labute approximate surface area is 103 Å². The van der Waals surface area contributed by atoms with Gasteiger partial charge in [-0.05, 0) is 32.1 Å². The van der Waals surface area contributed by atoms with Crippen LogP contribution in [0.15, 0.2) is 0 Å². The first-order valence-electron chi connectivity index (χ1n) is 6.99. The minimum Gasteiger partial charge on any atom is -0.392 e. The van der Waals surface area contributed by atoms with Crippen molar-refractivity contribution in [3.63, 3.8) is 0 Å². The molecule has 0 bridgehead atoms. The lowest BCUT2D eigenvalue weighted by molar-refractivity contribution is -0.180. The van der Waals surface area contributed by atoms with E-state index >= 15 is 0 Å². The van der Waals surface area contributed by atoms with Gasteiger partial charge >= 0.3 is 0 Å². The summed E-state index contributed by atoms with van der Waals surface area (Å²) in [7, 11) is 0. The summed E-state index contributed by atoms with van der Waals surface area (Å²) in [5.41, 5.74) is 0. The monoisotopic (exact) mass is 241 g/mol. The molecule has 0 radical (unpaired) electrons. The maximum absolute atomic E-state index is 9.81. The van der Waals surface area contributed by atoms with Gasteiger partial charge < -0.3 is 19.9 Å². The second-order valence-electron chi connectivity index (χ2n) is 5.65. The van der Waals surface area contributed by atoms with Gasteiger partial charge in [0.25, 0.3) is 0 Å². The molecule has 4 heteroatoms. The lowest BCUT2D eigenvalue weighted by Gasteiger charge is -2.37. The van der Waals surface area contributed by atoms with Gasteiger partial charge in [0.1, 0.15) is 0 Å². The van der Waals surface area contributed by atoms with Gasteiger partial charge in [0.05, 0.1) is 19.3 Å². The molecule has 2 aliphatic carbocycles. The van der Waals surface area contributed by atoms with Crippen molar-refractivity contribution in [3.05, 3.63) is 0 Å². The van der Waals surface area contributed by atoms with Crippen molar-refractivity contribution in [2.75, 3.05) is 13.2 Å². The van der Waals surface area contributed by atoms with Crippen LogP contribution in [0.5, 0.6) is 0 Å².